The fourth-order valence-electron chi connectivity index (χ4n) is 2.82. The topological polar surface area (TPSA) is 88.1 Å². The number of hydrogen-bond donors (Lipinski definition) is 1. The Bertz CT molecular complexity index is 1170. The van der Waals surface area contributed by atoms with E-state index in [9.17, 15) is 14.0 Å². The molecule has 0 unspecified atom stereocenters. The number of aromatic nitrogens is 4. The third-order valence-electron chi connectivity index (χ3n) is 4.00. The summed E-state index contributed by atoms with van der Waals surface area (Å²) in [7, 11) is 0. The van der Waals surface area contributed by atoms with Gasteiger partial charge < -0.3 is 10.1 Å². The van der Waals surface area contributed by atoms with Crippen molar-refractivity contribution in [3.05, 3.63) is 60.2 Å². The van der Waals surface area contributed by atoms with Crippen molar-refractivity contribution in [1.82, 2.24) is 19.6 Å². The van der Waals surface area contributed by atoms with Gasteiger partial charge in [-0.3, -0.25) is 4.98 Å². The molecule has 0 amide bonds. The van der Waals surface area contributed by atoms with Gasteiger partial charge in [-0.15, -0.1) is 0 Å². The predicted molar refractivity (Wildman–Crippen MR) is 93.4 cm³/mol. The molecule has 0 saturated heterocycles. The first-order valence-electron chi connectivity index (χ1n) is 7.95. The zero-order valence-corrected chi connectivity index (χ0v) is 13.8. The standard InChI is InChI=1S/C18H12F2N6O/c19-18(20)27-13-1-2-15-14(7-13)17(11(8-21)9-23-15)24-10-12-3-5-22-16-4-6-25-26(12)16/h1-7,9,18H,10H2,(H,23,24). The van der Waals surface area contributed by atoms with Gasteiger partial charge in [-0.1, -0.05) is 0 Å². The van der Waals surface area contributed by atoms with Crippen LogP contribution in [0.15, 0.2) is 48.9 Å². The molecule has 3 aromatic heterocycles. The highest BCUT2D eigenvalue weighted by molar-refractivity contribution is 5.94. The van der Waals surface area contributed by atoms with Crippen LogP contribution in [-0.4, -0.2) is 26.2 Å². The molecule has 4 aromatic rings. The van der Waals surface area contributed by atoms with E-state index >= 15 is 0 Å². The van der Waals surface area contributed by atoms with Crippen LogP contribution in [0.2, 0.25) is 0 Å². The number of hydrogen-bond acceptors (Lipinski definition) is 6. The van der Waals surface area contributed by atoms with E-state index in [2.05, 4.69) is 31.2 Å². The van der Waals surface area contributed by atoms with Gasteiger partial charge in [0.05, 0.1) is 35.2 Å². The van der Waals surface area contributed by atoms with Crippen LogP contribution >= 0.6 is 0 Å². The molecule has 0 atom stereocenters. The van der Waals surface area contributed by atoms with Crippen molar-refractivity contribution in [2.45, 2.75) is 13.2 Å². The van der Waals surface area contributed by atoms with Crippen LogP contribution in [0.25, 0.3) is 16.6 Å². The van der Waals surface area contributed by atoms with E-state index in [-0.39, 0.29) is 5.75 Å². The average molecular weight is 366 g/mol. The molecule has 7 nitrogen and oxygen atoms in total. The summed E-state index contributed by atoms with van der Waals surface area (Å²) in [4.78, 5) is 8.40. The molecule has 27 heavy (non-hydrogen) atoms. The average Bonchev–Trinajstić information content (AvgIpc) is 3.15. The molecule has 4 rings (SSSR count). The van der Waals surface area contributed by atoms with Gasteiger partial charge in [0.1, 0.15) is 11.8 Å². The van der Waals surface area contributed by atoms with Gasteiger partial charge in [0, 0.05) is 23.8 Å². The molecule has 1 aromatic carbocycles. The van der Waals surface area contributed by atoms with Crippen molar-refractivity contribution in [3.8, 4) is 11.8 Å². The first kappa shape index (κ1) is 16.7. The van der Waals surface area contributed by atoms with E-state index < -0.39 is 6.61 Å². The summed E-state index contributed by atoms with van der Waals surface area (Å²) in [6.45, 7) is -2.59. The molecule has 3 heterocycles. The first-order chi connectivity index (χ1) is 13.2. The Balaban J connectivity index is 1.74. The van der Waals surface area contributed by atoms with Crippen LogP contribution < -0.4 is 10.1 Å². The second kappa shape index (κ2) is 6.84. The predicted octanol–water partition coefficient (Wildman–Crippen LogP) is 3.36. The summed E-state index contributed by atoms with van der Waals surface area (Å²) in [5.74, 6) is -0.00387. The maximum Gasteiger partial charge on any atom is 0.387 e. The van der Waals surface area contributed by atoms with Crippen LogP contribution in [0.5, 0.6) is 5.75 Å². The normalized spacial score (nSPS) is 11.0. The number of benzene rings is 1. The van der Waals surface area contributed by atoms with Crippen molar-refractivity contribution in [2.75, 3.05) is 5.32 Å². The number of fused-ring (bicyclic) bond motifs is 2. The zero-order valence-electron chi connectivity index (χ0n) is 13.8. The number of halogens is 2. The molecule has 0 aliphatic heterocycles. The molecule has 1 N–H and O–H groups in total. The van der Waals surface area contributed by atoms with Gasteiger partial charge in [-0.25, -0.2) is 9.50 Å². The molecule has 134 valence electrons. The Morgan fingerprint density at radius 3 is 2.89 bits per heavy atom. The summed E-state index contributed by atoms with van der Waals surface area (Å²) in [5, 5.41) is 17.3. The lowest BCUT2D eigenvalue weighted by atomic mass is 10.1. The number of nitrogens with one attached hydrogen (secondary N) is 1. The highest BCUT2D eigenvalue weighted by Gasteiger charge is 2.12. The third-order valence-corrected chi connectivity index (χ3v) is 4.00. The molecule has 0 radical (unpaired) electrons. The molecule has 0 spiro atoms. The minimum atomic E-state index is -2.93. The van der Waals surface area contributed by atoms with Crippen molar-refractivity contribution in [2.24, 2.45) is 0 Å². The van der Waals surface area contributed by atoms with Crippen molar-refractivity contribution >= 4 is 22.2 Å². The number of nitrogens with zero attached hydrogens (tertiary/aromatic N) is 5. The molecule has 0 bridgehead atoms. The Kier molecular flexibility index (Phi) is 4.22. The molecular formula is C18H12F2N6O. The molecule has 0 fully saturated rings. The van der Waals surface area contributed by atoms with Crippen molar-refractivity contribution in [1.29, 1.82) is 5.26 Å². The van der Waals surface area contributed by atoms with Crippen LogP contribution in [-0.2, 0) is 6.54 Å². The van der Waals surface area contributed by atoms with Gasteiger partial charge in [-0.2, -0.15) is 19.1 Å². The Morgan fingerprint density at radius 1 is 1.19 bits per heavy atom. The van der Waals surface area contributed by atoms with Gasteiger partial charge in [0.25, 0.3) is 0 Å². The van der Waals surface area contributed by atoms with Gasteiger partial charge in [-0.05, 0) is 24.3 Å². The fourth-order valence-corrected chi connectivity index (χ4v) is 2.82. The fraction of sp³-hybridized carbons (Fsp3) is 0.111. The lowest BCUT2D eigenvalue weighted by Crippen LogP contribution is -2.08. The maximum absolute atomic E-state index is 12.5. The minimum absolute atomic E-state index is 0.00387. The Labute approximate surface area is 151 Å². The quantitative estimate of drug-likeness (QED) is 0.583. The van der Waals surface area contributed by atoms with E-state index in [1.165, 1.54) is 18.3 Å². The van der Waals surface area contributed by atoms with Crippen LogP contribution in [0, 0.1) is 11.3 Å². The highest BCUT2D eigenvalue weighted by Crippen LogP contribution is 2.30. The van der Waals surface area contributed by atoms with E-state index in [0.717, 1.165) is 5.69 Å². The molecular weight excluding hydrogens is 354 g/mol. The second-order valence-electron chi connectivity index (χ2n) is 5.61. The summed E-state index contributed by atoms with van der Waals surface area (Å²) >= 11 is 0. The smallest absolute Gasteiger partial charge is 0.387 e. The number of pyridine rings is 1. The first-order valence-corrected chi connectivity index (χ1v) is 7.95. The maximum atomic E-state index is 12.5. The molecule has 0 aliphatic carbocycles. The number of rotatable bonds is 5. The van der Waals surface area contributed by atoms with Crippen LogP contribution in [0.4, 0.5) is 14.5 Å². The SMILES string of the molecule is N#Cc1cnc2ccc(OC(F)F)cc2c1NCc1ccnc2ccnn12. The van der Waals surface area contributed by atoms with Gasteiger partial charge in [0.15, 0.2) is 5.65 Å². The van der Waals surface area contributed by atoms with E-state index in [1.807, 2.05) is 0 Å². The molecule has 0 aliphatic rings. The summed E-state index contributed by atoms with van der Waals surface area (Å²) < 4.78 is 31.2. The number of alkyl halides is 2. The Hall–Kier alpha value is -3.80. The third kappa shape index (κ3) is 3.20. The van der Waals surface area contributed by atoms with Crippen LogP contribution in [0.3, 0.4) is 0 Å². The molecule has 9 heteroatoms. The van der Waals surface area contributed by atoms with Crippen molar-refractivity contribution in [3.63, 3.8) is 0 Å². The minimum Gasteiger partial charge on any atom is -0.435 e. The second-order valence-corrected chi connectivity index (χ2v) is 5.61. The highest BCUT2D eigenvalue weighted by atomic mass is 19.3. The van der Waals surface area contributed by atoms with Gasteiger partial charge in [0.2, 0.25) is 0 Å². The largest absolute Gasteiger partial charge is 0.435 e. The summed E-state index contributed by atoms with van der Waals surface area (Å²) in [5.41, 5.74) is 2.85. The monoisotopic (exact) mass is 366 g/mol. The lowest BCUT2D eigenvalue weighted by Gasteiger charge is -2.13. The number of nitriles is 1. The number of anilines is 1. The zero-order chi connectivity index (χ0) is 18.8. The molecule has 0 saturated carbocycles. The summed E-state index contributed by atoms with van der Waals surface area (Å²) in [6, 6.07) is 10.1. The van der Waals surface area contributed by atoms with E-state index in [0.29, 0.717) is 34.3 Å². The van der Waals surface area contributed by atoms with E-state index in [4.69, 9.17) is 0 Å². The lowest BCUT2D eigenvalue weighted by molar-refractivity contribution is -0.0497. The van der Waals surface area contributed by atoms with Crippen LogP contribution in [0.1, 0.15) is 11.3 Å². The van der Waals surface area contributed by atoms with Gasteiger partial charge >= 0.3 is 6.61 Å². The van der Waals surface area contributed by atoms with E-state index in [1.54, 1.807) is 35.1 Å². The number of ether oxygens (including phenoxy) is 1. The summed E-state index contributed by atoms with van der Waals surface area (Å²) in [6.07, 6.45) is 4.75. The Morgan fingerprint density at radius 2 is 2.07 bits per heavy atom. The van der Waals surface area contributed by atoms with Crippen molar-refractivity contribution < 1.29 is 13.5 Å².